The van der Waals surface area contributed by atoms with Gasteiger partial charge in [-0.3, -0.25) is 4.98 Å². The molecule has 1 aliphatic rings. The summed E-state index contributed by atoms with van der Waals surface area (Å²) in [5.41, 5.74) is -0.263. The highest BCUT2D eigenvalue weighted by atomic mass is 19.4. The fourth-order valence-corrected chi connectivity index (χ4v) is 2.12. The van der Waals surface area contributed by atoms with E-state index in [0.717, 1.165) is 18.9 Å². The smallest absolute Gasteiger partial charge is 0.381 e. The molecule has 0 unspecified atom stereocenters. The quantitative estimate of drug-likeness (QED) is 0.817. The van der Waals surface area contributed by atoms with Crippen LogP contribution in [0.3, 0.4) is 0 Å². The number of piperidine rings is 1. The van der Waals surface area contributed by atoms with Crippen molar-refractivity contribution >= 4 is 5.69 Å². The SMILES string of the molecule is COC1CCN(c2ccnc(C(F)(F)F)c2)CC1. The number of anilines is 1. The zero-order chi connectivity index (χ0) is 13.2. The fourth-order valence-electron chi connectivity index (χ4n) is 2.12. The first-order valence-corrected chi connectivity index (χ1v) is 5.81. The van der Waals surface area contributed by atoms with E-state index in [9.17, 15) is 13.2 Å². The summed E-state index contributed by atoms with van der Waals surface area (Å²) in [5, 5.41) is 0. The molecule has 0 atom stereocenters. The van der Waals surface area contributed by atoms with Gasteiger partial charge in [-0.2, -0.15) is 13.2 Å². The number of pyridine rings is 1. The van der Waals surface area contributed by atoms with Gasteiger partial charge in [0.1, 0.15) is 5.69 Å². The van der Waals surface area contributed by atoms with E-state index in [2.05, 4.69) is 4.98 Å². The van der Waals surface area contributed by atoms with Crippen LogP contribution in [0.5, 0.6) is 0 Å². The number of alkyl halides is 3. The molecule has 100 valence electrons. The maximum absolute atomic E-state index is 12.6. The van der Waals surface area contributed by atoms with Gasteiger partial charge < -0.3 is 9.64 Å². The minimum Gasteiger partial charge on any atom is -0.381 e. The van der Waals surface area contributed by atoms with Gasteiger partial charge in [-0.05, 0) is 25.0 Å². The molecule has 0 spiro atoms. The van der Waals surface area contributed by atoms with E-state index in [1.54, 1.807) is 13.2 Å². The van der Waals surface area contributed by atoms with E-state index in [4.69, 9.17) is 4.74 Å². The Labute approximate surface area is 104 Å². The fraction of sp³-hybridized carbons (Fsp3) is 0.583. The summed E-state index contributed by atoms with van der Waals surface area (Å²) >= 11 is 0. The Hall–Kier alpha value is -1.30. The summed E-state index contributed by atoms with van der Waals surface area (Å²) in [6, 6.07) is 2.72. The largest absolute Gasteiger partial charge is 0.433 e. The van der Waals surface area contributed by atoms with Gasteiger partial charge in [-0.15, -0.1) is 0 Å². The molecule has 0 saturated carbocycles. The first-order valence-electron chi connectivity index (χ1n) is 5.81. The first-order chi connectivity index (χ1) is 8.50. The van der Waals surface area contributed by atoms with E-state index >= 15 is 0 Å². The van der Waals surface area contributed by atoms with Crippen molar-refractivity contribution in [3.05, 3.63) is 24.0 Å². The number of methoxy groups -OCH3 is 1. The number of hydrogen-bond donors (Lipinski definition) is 0. The Balaban J connectivity index is 2.10. The molecule has 1 fully saturated rings. The van der Waals surface area contributed by atoms with E-state index < -0.39 is 11.9 Å². The highest BCUT2D eigenvalue weighted by Gasteiger charge is 2.33. The standard InChI is InChI=1S/C12H15F3N2O/c1-18-10-3-6-17(7-4-10)9-2-5-16-11(8-9)12(13,14)15/h2,5,8,10H,3-4,6-7H2,1H3. The van der Waals surface area contributed by atoms with E-state index in [-0.39, 0.29) is 6.10 Å². The van der Waals surface area contributed by atoms with Crippen LogP contribution in [0.25, 0.3) is 0 Å². The Kier molecular flexibility index (Phi) is 3.75. The van der Waals surface area contributed by atoms with Crippen LogP contribution in [-0.2, 0) is 10.9 Å². The third-order valence-corrected chi connectivity index (χ3v) is 3.17. The normalized spacial score (nSPS) is 18.1. The van der Waals surface area contributed by atoms with Crippen LogP contribution in [-0.4, -0.2) is 31.3 Å². The predicted molar refractivity (Wildman–Crippen MR) is 61.5 cm³/mol. The molecule has 1 aliphatic heterocycles. The molecule has 0 amide bonds. The molecular weight excluding hydrogens is 245 g/mol. The first kappa shape index (κ1) is 13.1. The van der Waals surface area contributed by atoms with Crippen molar-refractivity contribution in [1.82, 2.24) is 4.98 Å². The molecule has 3 nitrogen and oxygen atoms in total. The van der Waals surface area contributed by atoms with Gasteiger partial charge in [0.15, 0.2) is 0 Å². The lowest BCUT2D eigenvalue weighted by atomic mass is 10.1. The van der Waals surface area contributed by atoms with Crippen LogP contribution in [0.2, 0.25) is 0 Å². The number of hydrogen-bond acceptors (Lipinski definition) is 3. The summed E-state index contributed by atoms with van der Waals surface area (Å²) < 4.78 is 42.9. The zero-order valence-corrected chi connectivity index (χ0v) is 10.1. The molecule has 1 saturated heterocycles. The van der Waals surface area contributed by atoms with Crippen LogP contribution < -0.4 is 4.90 Å². The van der Waals surface area contributed by atoms with Gasteiger partial charge in [-0.1, -0.05) is 0 Å². The molecule has 0 radical (unpaired) electrons. The lowest BCUT2D eigenvalue weighted by Crippen LogP contribution is -2.36. The van der Waals surface area contributed by atoms with Crippen molar-refractivity contribution in [2.75, 3.05) is 25.1 Å². The van der Waals surface area contributed by atoms with Gasteiger partial charge in [0.05, 0.1) is 6.10 Å². The number of ether oxygens (including phenoxy) is 1. The maximum Gasteiger partial charge on any atom is 0.433 e. The summed E-state index contributed by atoms with van der Waals surface area (Å²) in [7, 11) is 1.66. The van der Waals surface area contributed by atoms with Crippen molar-refractivity contribution in [2.24, 2.45) is 0 Å². The Bertz CT molecular complexity index is 401. The molecule has 0 bridgehead atoms. The number of nitrogens with zero attached hydrogens (tertiary/aromatic N) is 2. The zero-order valence-electron chi connectivity index (χ0n) is 10.1. The Morgan fingerprint density at radius 3 is 2.56 bits per heavy atom. The maximum atomic E-state index is 12.6. The third kappa shape index (κ3) is 2.93. The predicted octanol–water partition coefficient (Wildman–Crippen LogP) is 2.72. The summed E-state index contributed by atoms with van der Waals surface area (Å²) in [4.78, 5) is 5.30. The number of aromatic nitrogens is 1. The molecule has 0 aromatic carbocycles. The summed E-state index contributed by atoms with van der Waals surface area (Å²) in [6.07, 6.45) is -1.30. The summed E-state index contributed by atoms with van der Waals surface area (Å²) in [5.74, 6) is 0. The van der Waals surface area contributed by atoms with Crippen molar-refractivity contribution in [3.8, 4) is 0 Å². The molecule has 2 rings (SSSR count). The van der Waals surface area contributed by atoms with Crippen molar-refractivity contribution < 1.29 is 17.9 Å². The summed E-state index contributed by atoms with van der Waals surface area (Å²) in [6.45, 7) is 1.42. The van der Waals surface area contributed by atoms with Crippen LogP contribution >= 0.6 is 0 Å². The highest BCUT2D eigenvalue weighted by molar-refractivity contribution is 5.47. The molecular formula is C12H15F3N2O. The monoisotopic (exact) mass is 260 g/mol. The molecule has 1 aromatic rings. The average Bonchev–Trinajstić information content (AvgIpc) is 2.38. The van der Waals surface area contributed by atoms with Crippen molar-refractivity contribution in [3.63, 3.8) is 0 Å². The lowest BCUT2D eigenvalue weighted by Gasteiger charge is -2.33. The molecule has 0 N–H and O–H groups in total. The average molecular weight is 260 g/mol. The van der Waals surface area contributed by atoms with E-state index in [0.29, 0.717) is 18.8 Å². The van der Waals surface area contributed by atoms with Gasteiger partial charge in [-0.25, -0.2) is 0 Å². The van der Waals surface area contributed by atoms with Gasteiger partial charge >= 0.3 is 6.18 Å². The second-order valence-corrected chi connectivity index (χ2v) is 4.32. The second kappa shape index (κ2) is 5.14. The van der Waals surface area contributed by atoms with Crippen LogP contribution in [0.1, 0.15) is 18.5 Å². The number of halogens is 3. The van der Waals surface area contributed by atoms with Crippen LogP contribution in [0.15, 0.2) is 18.3 Å². The second-order valence-electron chi connectivity index (χ2n) is 4.32. The minimum atomic E-state index is -4.39. The van der Waals surface area contributed by atoms with Gasteiger partial charge in [0.2, 0.25) is 0 Å². The lowest BCUT2D eigenvalue weighted by molar-refractivity contribution is -0.141. The van der Waals surface area contributed by atoms with E-state index in [1.165, 1.54) is 6.20 Å². The van der Waals surface area contributed by atoms with E-state index in [1.807, 2.05) is 4.90 Å². The number of rotatable bonds is 2. The topological polar surface area (TPSA) is 25.4 Å². The Morgan fingerprint density at radius 1 is 1.33 bits per heavy atom. The van der Waals surface area contributed by atoms with Crippen molar-refractivity contribution in [2.45, 2.75) is 25.1 Å². The molecule has 18 heavy (non-hydrogen) atoms. The van der Waals surface area contributed by atoms with Gasteiger partial charge in [0, 0.05) is 32.1 Å². The van der Waals surface area contributed by atoms with Crippen LogP contribution in [0.4, 0.5) is 18.9 Å². The van der Waals surface area contributed by atoms with Crippen LogP contribution in [0, 0.1) is 0 Å². The molecule has 1 aromatic heterocycles. The molecule has 2 heterocycles. The molecule has 0 aliphatic carbocycles. The minimum absolute atomic E-state index is 0.213. The highest BCUT2D eigenvalue weighted by Crippen LogP contribution is 2.30. The Morgan fingerprint density at radius 2 is 2.00 bits per heavy atom. The van der Waals surface area contributed by atoms with Gasteiger partial charge in [0.25, 0.3) is 0 Å². The third-order valence-electron chi connectivity index (χ3n) is 3.17. The van der Waals surface area contributed by atoms with Crippen molar-refractivity contribution in [1.29, 1.82) is 0 Å². The molecule has 6 heteroatoms.